The zero-order valence-electron chi connectivity index (χ0n) is 8.30. The monoisotopic (exact) mass is 250 g/mol. The Morgan fingerprint density at radius 1 is 1.06 bits per heavy atom. The molecule has 1 nitrogen and oxygen atoms in total. The van der Waals surface area contributed by atoms with Gasteiger partial charge in [0.25, 0.3) is 0 Å². The van der Waals surface area contributed by atoms with E-state index in [0.717, 1.165) is 16.7 Å². The average molecular weight is 251 g/mol. The van der Waals surface area contributed by atoms with Gasteiger partial charge in [-0.2, -0.15) is 0 Å². The van der Waals surface area contributed by atoms with Crippen LogP contribution in [0.25, 0.3) is 11.1 Å². The van der Waals surface area contributed by atoms with E-state index in [1.807, 2.05) is 24.3 Å². The van der Waals surface area contributed by atoms with E-state index >= 15 is 0 Å². The molecule has 0 spiro atoms. The number of phenols is 1. The predicted molar refractivity (Wildman–Crippen MR) is 66.4 cm³/mol. The summed E-state index contributed by atoms with van der Waals surface area (Å²) in [4.78, 5) is 0. The Balaban J connectivity index is 2.34. The molecule has 2 aromatic carbocycles. The number of hydrogen-bond acceptors (Lipinski definition) is 1. The summed E-state index contributed by atoms with van der Waals surface area (Å²) >= 11 is 11.9. The van der Waals surface area contributed by atoms with E-state index in [-0.39, 0.29) is 10.8 Å². The molecule has 1 N–H and O–H groups in total. The van der Waals surface area contributed by atoms with Crippen molar-refractivity contribution in [1.82, 2.24) is 0 Å². The quantitative estimate of drug-likeness (QED) is 0.632. The van der Waals surface area contributed by atoms with E-state index in [0.29, 0.717) is 11.4 Å². The van der Waals surface area contributed by atoms with Crippen molar-refractivity contribution in [2.75, 3.05) is 0 Å². The van der Waals surface area contributed by atoms with Crippen LogP contribution in [-0.4, -0.2) is 5.11 Å². The maximum absolute atomic E-state index is 9.95. The highest BCUT2D eigenvalue weighted by atomic mass is 35.5. The molecule has 0 saturated carbocycles. The number of phenolic OH excluding ortho intramolecular Hbond substituents is 1. The summed E-state index contributed by atoms with van der Waals surface area (Å²) in [5, 5.41) is 10.6. The standard InChI is InChI=1S/C13H8Cl2O/c14-11-6-9-8-4-2-1-3-7(8)5-10(9)13(16)12(11)15/h1-4,6,16H,5H2. The third kappa shape index (κ3) is 1.25. The third-order valence-electron chi connectivity index (χ3n) is 2.97. The molecule has 0 amide bonds. The maximum Gasteiger partial charge on any atom is 0.139 e. The van der Waals surface area contributed by atoms with Crippen molar-refractivity contribution in [3.05, 3.63) is 51.5 Å². The lowest BCUT2D eigenvalue weighted by Gasteiger charge is -2.06. The molecule has 0 heterocycles. The molecule has 0 atom stereocenters. The second-order valence-electron chi connectivity index (χ2n) is 3.88. The number of halogens is 2. The Morgan fingerprint density at radius 2 is 1.81 bits per heavy atom. The molecule has 16 heavy (non-hydrogen) atoms. The second kappa shape index (κ2) is 3.41. The molecule has 2 aromatic rings. The lowest BCUT2D eigenvalue weighted by atomic mass is 10.1. The van der Waals surface area contributed by atoms with Crippen molar-refractivity contribution in [2.24, 2.45) is 0 Å². The predicted octanol–water partition coefficient (Wildman–Crippen LogP) is 4.27. The molecule has 0 radical (unpaired) electrons. The van der Waals surface area contributed by atoms with Crippen molar-refractivity contribution in [3.63, 3.8) is 0 Å². The average Bonchev–Trinajstić information content (AvgIpc) is 2.65. The minimum absolute atomic E-state index is 0.111. The topological polar surface area (TPSA) is 20.2 Å². The number of aromatic hydroxyl groups is 1. The van der Waals surface area contributed by atoms with Crippen LogP contribution in [0.2, 0.25) is 10.0 Å². The first-order valence-electron chi connectivity index (χ1n) is 4.96. The molecule has 3 heteroatoms. The van der Waals surface area contributed by atoms with Crippen molar-refractivity contribution in [1.29, 1.82) is 0 Å². The molecule has 0 bridgehead atoms. The lowest BCUT2D eigenvalue weighted by Crippen LogP contribution is -1.83. The van der Waals surface area contributed by atoms with Crippen LogP contribution in [0.15, 0.2) is 30.3 Å². The summed E-state index contributed by atoms with van der Waals surface area (Å²) in [6.45, 7) is 0. The molecule has 80 valence electrons. The zero-order valence-corrected chi connectivity index (χ0v) is 9.81. The van der Waals surface area contributed by atoms with Gasteiger partial charge in [0.05, 0.1) is 5.02 Å². The van der Waals surface area contributed by atoms with E-state index < -0.39 is 0 Å². The molecule has 0 unspecified atom stereocenters. The van der Waals surface area contributed by atoms with Crippen LogP contribution in [0.5, 0.6) is 5.75 Å². The van der Waals surface area contributed by atoms with Gasteiger partial charge in [-0.05, 0) is 22.8 Å². The van der Waals surface area contributed by atoms with Crippen molar-refractivity contribution in [3.8, 4) is 16.9 Å². The molecule has 0 fully saturated rings. The molecule has 0 aromatic heterocycles. The molecule has 0 saturated heterocycles. The largest absolute Gasteiger partial charge is 0.506 e. The summed E-state index contributed by atoms with van der Waals surface area (Å²) in [7, 11) is 0. The summed E-state index contributed by atoms with van der Waals surface area (Å²) in [6.07, 6.45) is 0.716. The molecule has 3 rings (SSSR count). The van der Waals surface area contributed by atoms with Gasteiger partial charge in [-0.1, -0.05) is 47.5 Å². The molecule has 1 aliphatic rings. The van der Waals surface area contributed by atoms with Crippen molar-refractivity contribution in [2.45, 2.75) is 6.42 Å². The Kier molecular flexibility index (Phi) is 2.13. The van der Waals surface area contributed by atoms with Crippen LogP contribution in [0.3, 0.4) is 0 Å². The van der Waals surface area contributed by atoms with Crippen LogP contribution >= 0.6 is 23.2 Å². The summed E-state index contributed by atoms with van der Waals surface area (Å²) in [6, 6.07) is 9.88. The first-order chi connectivity index (χ1) is 7.68. The summed E-state index contributed by atoms with van der Waals surface area (Å²) in [5.74, 6) is 0.111. The second-order valence-corrected chi connectivity index (χ2v) is 4.67. The van der Waals surface area contributed by atoms with Gasteiger partial charge in [0.15, 0.2) is 0 Å². The van der Waals surface area contributed by atoms with Gasteiger partial charge in [0.2, 0.25) is 0 Å². The fraction of sp³-hybridized carbons (Fsp3) is 0.0769. The van der Waals surface area contributed by atoms with Gasteiger partial charge in [0, 0.05) is 12.0 Å². The van der Waals surface area contributed by atoms with Gasteiger partial charge >= 0.3 is 0 Å². The van der Waals surface area contributed by atoms with Crippen LogP contribution in [0.1, 0.15) is 11.1 Å². The Bertz CT molecular complexity index is 591. The van der Waals surface area contributed by atoms with E-state index in [2.05, 4.69) is 6.07 Å². The first kappa shape index (κ1) is 10.0. The smallest absolute Gasteiger partial charge is 0.139 e. The van der Waals surface area contributed by atoms with Crippen molar-refractivity contribution < 1.29 is 5.11 Å². The number of hydrogen-bond donors (Lipinski definition) is 1. The molecular formula is C13H8Cl2O. The minimum Gasteiger partial charge on any atom is -0.506 e. The zero-order chi connectivity index (χ0) is 11.3. The van der Waals surface area contributed by atoms with Crippen LogP contribution in [0.4, 0.5) is 0 Å². The van der Waals surface area contributed by atoms with E-state index in [1.165, 1.54) is 5.56 Å². The highest BCUT2D eigenvalue weighted by Gasteiger charge is 2.23. The van der Waals surface area contributed by atoms with E-state index in [1.54, 1.807) is 0 Å². The fourth-order valence-electron chi connectivity index (χ4n) is 2.20. The third-order valence-corrected chi connectivity index (χ3v) is 3.75. The Morgan fingerprint density at radius 3 is 2.62 bits per heavy atom. The van der Waals surface area contributed by atoms with E-state index in [9.17, 15) is 5.11 Å². The fourth-order valence-corrected chi connectivity index (χ4v) is 2.56. The Labute approximate surface area is 103 Å². The summed E-state index contributed by atoms with van der Waals surface area (Å²) in [5.41, 5.74) is 4.19. The molecule has 1 aliphatic carbocycles. The SMILES string of the molecule is Oc1c(Cl)c(Cl)cc2c1Cc1ccccc1-2. The summed E-state index contributed by atoms with van der Waals surface area (Å²) < 4.78 is 0. The minimum atomic E-state index is 0.111. The highest BCUT2D eigenvalue weighted by Crippen LogP contribution is 2.46. The van der Waals surface area contributed by atoms with Gasteiger partial charge in [0.1, 0.15) is 10.8 Å². The van der Waals surface area contributed by atoms with Crippen LogP contribution < -0.4 is 0 Å². The van der Waals surface area contributed by atoms with Crippen LogP contribution in [0, 0.1) is 0 Å². The van der Waals surface area contributed by atoms with Gasteiger partial charge in [-0.15, -0.1) is 0 Å². The van der Waals surface area contributed by atoms with Gasteiger partial charge in [-0.25, -0.2) is 0 Å². The molecule has 0 aliphatic heterocycles. The highest BCUT2D eigenvalue weighted by molar-refractivity contribution is 6.43. The first-order valence-corrected chi connectivity index (χ1v) is 5.72. The normalized spacial score (nSPS) is 12.4. The van der Waals surface area contributed by atoms with Crippen molar-refractivity contribution >= 4 is 23.2 Å². The molecular weight excluding hydrogens is 243 g/mol. The van der Waals surface area contributed by atoms with Crippen LogP contribution in [-0.2, 0) is 6.42 Å². The Hall–Kier alpha value is -1.18. The maximum atomic E-state index is 9.95. The van der Waals surface area contributed by atoms with Gasteiger partial charge in [-0.3, -0.25) is 0 Å². The number of benzene rings is 2. The van der Waals surface area contributed by atoms with E-state index in [4.69, 9.17) is 23.2 Å². The number of rotatable bonds is 0. The van der Waals surface area contributed by atoms with Gasteiger partial charge < -0.3 is 5.11 Å². The lowest BCUT2D eigenvalue weighted by molar-refractivity contribution is 0.470. The number of fused-ring (bicyclic) bond motifs is 3.